The molecule has 0 N–H and O–H groups in total. The highest BCUT2D eigenvalue weighted by Gasteiger charge is 2.40. The Morgan fingerprint density at radius 2 is 1.96 bits per heavy atom. The first kappa shape index (κ1) is 17.7. The second-order valence-electron chi connectivity index (χ2n) is 7.70. The minimum absolute atomic E-state index is 0.0962. The van der Waals surface area contributed by atoms with E-state index in [0.29, 0.717) is 17.6 Å². The zero-order valence-corrected chi connectivity index (χ0v) is 15.3. The Bertz CT molecular complexity index is 652. The van der Waals surface area contributed by atoms with Crippen LogP contribution in [0.3, 0.4) is 0 Å². The van der Waals surface area contributed by atoms with E-state index in [-0.39, 0.29) is 11.7 Å². The van der Waals surface area contributed by atoms with Crippen LogP contribution in [0.25, 0.3) is 0 Å². The molecular weight excluding hydrogens is 335 g/mol. The van der Waals surface area contributed by atoms with Gasteiger partial charge in [0.25, 0.3) is 5.91 Å². The summed E-state index contributed by atoms with van der Waals surface area (Å²) in [4.78, 5) is 17.1. The molecule has 2 heterocycles. The van der Waals surface area contributed by atoms with E-state index in [2.05, 4.69) is 4.90 Å². The van der Waals surface area contributed by atoms with Crippen LogP contribution in [0.1, 0.15) is 36.0 Å². The van der Waals surface area contributed by atoms with Gasteiger partial charge in [-0.05, 0) is 49.8 Å². The molecule has 3 aliphatic rings. The number of halogens is 1. The fourth-order valence-corrected chi connectivity index (χ4v) is 4.02. The fraction of sp³-hybridized carbons (Fsp3) is 0.650. The fourth-order valence-electron chi connectivity index (χ4n) is 4.02. The molecule has 2 saturated heterocycles. The third kappa shape index (κ3) is 3.71. The molecule has 4 rings (SSSR count). The number of nitrogens with zero attached hydrogens (tertiary/aromatic N) is 2. The van der Waals surface area contributed by atoms with Crippen LogP contribution in [0.5, 0.6) is 5.75 Å². The number of ether oxygens (including phenoxy) is 2. The van der Waals surface area contributed by atoms with Gasteiger partial charge >= 0.3 is 0 Å². The Morgan fingerprint density at radius 1 is 1.23 bits per heavy atom. The summed E-state index contributed by atoms with van der Waals surface area (Å²) < 4.78 is 24.3. The van der Waals surface area contributed by atoms with Crippen LogP contribution >= 0.6 is 0 Å². The third-order valence-corrected chi connectivity index (χ3v) is 5.84. The van der Waals surface area contributed by atoms with Crippen molar-refractivity contribution in [2.45, 2.75) is 37.8 Å². The zero-order valence-electron chi connectivity index (χ0n) is 15.3. The van der Waals surface area contributed by atoms with Crippen molar-refractivity contribution in [3.05, 3.63) is 29.6 Å². The Hall–Kier alpha value is -1.66. The van der Waals surface area contributed by atoms with Gasteiger partial charge in [0.05, 0.1) is 7.11 Å². The number of hydrogen-bond donors (Lipinski definition) is 0. The molecule has 3 fully saturated rings. The predicted molar refractivity (Wildman–Crippen MR) is 95.9 cm³/mol. The highest BCUT2D eigenvalue weighted by Crippen LogP contribution is 2.34. The molecule has 0 spiro atoms. The van der Waals surface area contributed by atoms with Gasteiger partial charge in [0.15, 0.2) is 11.6 Å². The Morgan fingerprint density at radius 3 is 2.58 bits per heavy atom. The van der Waals surface area contributed by atoms with E-state index >= 15 is 0 Å². The highest BCUT2D eigenvalue weighted by atomic mass is 19.1. The monoisotopic (exact) mass is 362 g/mol. The maximum absolute atomic E-state index is 13.9. The maximum Gasteiger partial charge on any atom is 0.254 e. The first-order valence-corrected chi connectivity index (χ1v) is 9.62. The number of methoxy groups -OCH3 is 1. The van der Waals surface area contributed by atoms with Gasteiger partial charge in [0.1, 0.15) is 0 Å². The maximum atomic E-state index is 13.9. The van der Waals surface area contributed by atoms with Crippen LogP contribution in [-0.2, 0) is 4.74 Å². The number of amides is 1. The smallest absolute Gasteiger partial charge is 0.254 e. The molecule has 1 aromatic rings. The number of rotatable bonds is 6. The molecule has 142 valence electrons. The van der Waals surface area contributed by atoms with Crippen molar-refractivity contribution in [3.63, 3.8) is 0 Å². The van der Waals surface area contributed by atoms with Gasteiger partial charge < -0.3 is 14.4 Å². The summed E-state index contributed by atoms with van der Waals surface area (Å²) in [5.74, 6) is 0.408. The molecule has 0 radical (unpaired) electrons. The molecule has 1 amide bonds. The van der Waals surface area contributed by atoms with Crippen molar-refractivity contribution in [2.75, 3.05) is 40.0 Å². The normalized spacial score (nSPS) is 21.7. The van der Waals surface area contributed by atoms with Crippen LogP contribution in [-0.4, -0.2) is 67.7 Å². The molecule has 2 aliphatic heterocycles. The van der Waals surface area contributed by atoms with Crippen LogP contribution in [0.4, 0.5) is 4.39 Å². The molecule has 26 heavy (non-hydrogen) atoms. The molecule has 5 nitrogen and oxygen atoms in total. The Labute approximate surface area is 154 Å². The van der Waals surface area contributed by atoms with E-state index in [0.717, 1.165) is 51.6 Å². The van der Waals surface area contributed by atoms with Gasteiger partial charge in [-0.2, -0.15) is 0 Å². The lowest BCUT2D eigenvalue weighted by Crippen LogP contribution is -2.64. The largest absolute Gasteiger partial charge is 0.494 e. The van der Waals surface area contributed by atoms with E-state index in [1.165, 1.54) is 32.1 Å². The molecule has 0 bridgehead atoms. The standard InChI is InChI=1S/C20H27FN2O3/c1-25-19-5-4-15(10-18(19)21)20(24)22-12-17(13-22)23(11-14-2-3-14)16-6-8-26-9-7-16/h4-5,10,14,16-17H,2-3,6-9,11-13H2,1H3. The SMILES string of the molecule is COc1ccc(C(=O)N2CC(N(CC3CC3)C3CCOCC3)C2)cc1F. The lowest BCUT2D eigenvalue weighted by atomic mass is 9.98. The molecule has 1 saturated carbocycles. The van der Waals surface area contributed by atoms with Gasteiger partial charge in [0, 0.05) is 50.5 Å². The summed E-state index contributed by atoms with van der Waals surface area (Å²) in [6.07, 6.45) is 4.84. The number of carbonyl (C=O) groups is 1. The topological polar surface area (TPSA) is 42.0 Å². The van der Waals surface area contributed by atoms with Crippen molar-refractivity contribution < 1.29 is 18.7 Å². The number of hydrogen-bond acceptors (Lipinski definition) is 4. The van der Waals surface area contributed by atoms with Gasteiger partial charge in [0.2, 0.25) is 0 Å². The zero-order chi connectivity index (χ0) is 18.1. The lowest BCUT2D eigenvalue weighted by molar-refractivity contribution is -0.0267. The van der Waals surface area contributed by atoms with Gasteiger partial charge in [-0.15, -0.1) is 0 Å². The van der Waals surface area contributed by atoms with Gasteiger partial charge in [-0.3, -0.25) is 9.69 Å². The van der Waals surface area contributed by atoms with Crippen molar-refractivity contribution >= 4 is 5.91 Å². The number of benzene rings is 1. The first-order valence-electron chi connectivity index (χ1n) is 9.62. The highest BCUT2D eigenvalue weighted by molar-refractivity contribution is 5.95. The lowest BCUT2D eigenvalue weighted by Gasteiger charge is -2.49. The quantitative estimate of drug-likeness (QED) is 0.780. The van der Waals surface area contributed by atoms with E-state index < -0.39 is 5.82 Å². The second-order valence-corrected chi connectivity index (χ2v) is 7.70. The van der Waals surface area contributed by atoms with Crippen LogP contribution in [0.15, 0.2) is 18.2 Å². The van der Waals surface area contributed by atoms with Crippen molar-refractivity contribution in [1.82, 2.24) is 9.80 Å². The minimum atomic E-state index is -0.493. The van der Waals surface area contributed by atoms with Crippen molar-refractivity contribution in [2.24, 2.45) is 5.92 Å². The Kier molecular flexibility index (Phi) is 5.14. The average Bonchev–Trinajstić information content (AvgIpc) is 3.44. The molecule has 0 unspecified atom stereocenters. The molecule has 1 aromatic carbocycles. The third-order valence-electron chi connectivity index (χ3n) is 5.84. The molecule has 6 heteroatoms. The summed E-state index contributed by atoms with van der Waals surface area (Å²) in [6.45, 7) is 4.29. The summed E-state index contributed by atoms with van der Waals surface area (Å²) in [5, 5.41) is 0. The molecule has 0 aromatic heterocycles. The predicted octanol–water partition coefficient (Wildman–Crippen LogP) is 2.55. The summed E-state index contributed by atoms with van der Waals surface area (Å²) in [5.41, 5.74) is 0.390. The van der Waals surface area contributed by atoms with E-state index in [9.17, 15) is 9.18 Å². The van der Waals surface area contributed by atoms with Crippen LogP contribution in [0.2, 0.25) is 0 Å². The molecule has 1 aliphatic carbocycles. The van der Waals surface area contributed by atoms with Crippen molar-refractivity contribution in [1.29, 1.82) is 0 Å². The van der Waals surface area contributed by atoms with Crippen LogP contribution in [0, 0.1) is 11.7 Å². The number of carbonyl (C=O) groups excluding carboxylic acids is 1. The molecule has 0 atom stereocenters. The summed E-state index contributed by atoms with van der Waals surface area (Å²) in [6, 6.07) is 5.42. The second kappa shape index (κ2) is 7.53. The van der Waals surface area contributed by atoms with Gasteiger partial charge in [-0.1, -0.05) is 0 Å². The summed E-state index contributed by atoms with van der Waals surface area (Å²) in [7, 11) is 1.42. The Balaban J connectivity index is 1.37. The van der Waals surface area contributed by atoms with Gasteiger partial charge in [-0.25, -0.2) is 4.39 Å². The number of likely N-dealkylation sites (tertiary alicyclic amines) is 1. The minimum Gasteiger partial charge on any atom is -0.494 e. The van der Waals surface area contributed by atoms with Crippen molar-refractivity contribution in [3.8, 4) is 5.75 Å². The first-order chi connectivity index (χ1) is 12.7. The van der Waals surface area contributed by atoms with E-state index in [1.54, 1.807) is 6.07 Å². The molecular formula is C20H27FN2O3. The van der Waals surface area contributed by atoms with Crippen LogP contribution < -0.4 is 4.74 Å². The van der Waals surface area contributed by atoms with E-state index in [4.69, 9.17) is 9.47 Å². The van der Waals surface area contributed by atoms with E-state index in [1.807, 2.05) is 4.90 Å². The average molecular weight is 362 g/mol. The summed E-state index contributed by atoms with van der Waals surface area (Å²) >= 11 is 0.